The zero-order valence-electron chi connectivity index (χ0n) is 22.8. The largest absolute Gasteiger partial charge is 0.423 e. The summed E-state index contributed by atoms with van der Waals surface area (Å²) in [5.41, 5.74) is 4.15. The van der Waals surface area contributed by atoms with Gasteiger partial charge in [0, 0.05) is 18.1 Å². The van der Waals surface area contributed by atoms with Crippen molar-refractivity contribution in [3.05, 3.63) is 102 Å². The fourth-order valence-electron chi connectivity index (χ4n) is 5.02. The molecular formula is C29H26N6O6S2. The zero-order chi connectivity index (χ0) is 30.1. The number of fused-ring (bicyclic) bond motifs is 2. The van der Waals surface area contributed by atoms with Crippen LogP contribution in [0.3, 0.4) is 0 Å². The highest BCUT2D eigenvalue weighted by Gasteiger charge is 2.27. The topological polar surface area (TPSA) is 157 Å². The van der Waals surface area contributed by atoms with Crippen LogP contribution in [-0.2, 0) is 27.5 Å². The molecule has 2 atom stereocenters. The van der Waals surface area contributed by atoms with E-state index in [0.717, 1.165) is 39.9 Å². The number of hydrogen-bond acceptors (Lipinski definition) is 9. The first-order valence-corrected chi connectivity index (χ1v) is 16.3. The fourth-order valence-corrected chi connectivity index (χ4v) is 6.83. The molecule has 2 unspecified atom stereocenters. The molecule has 0 spiro atoms. The molecule has 0 bridgehead atoms. The van der Waals surface area contributed by atoms with Crippen molar-refractivity contribution >= 4 is 55.4 Å². The number of esters is 1. The molecule has 43 heavy (non-hydrogen) atoms. The average molecular weight is 619 g/mol. The Morgan fingerprint density at radius 2 is 1.88 bits per heavy atom. The van der Waals surface area contributed by atoms with Crippen LogP contribution in [0.4, 0.5) is 17.3 Å². The molecule has 2 N–H and O–H groups in total. The zero-order valence-corrected chi connectivity index (χ0v) is 24.5. The number of rotatable bonds is 9. The van der Waals surface area contributed by atoms with E-state index in [1.165, 1.54) is 12.1 Å². The highest BCUT2D eigenvalue weighted by atomic mass is 32.2. The van der Waals surface area contributed by atoms with Crippen LogP contribution < -0.4 is 14.4 Å². The Bertz CT molecular complexity index is 1950. The number of hydrogen-bond donors (Lipinski definition) is 2. The van der Waals surface area contributed by atoms with Crippen LogP contribution in [-0.4, -0.2) is 55.0 Å². The van der Waals surface area contributed by atoms with Crippen molar-refractivity contribution in [2.24, 2.45) is 0 Å². The van der Waals surface area contributed by atoms with E-state index < -0.39 is 32.9 Å². The quantitative estimate of drug-likeness (QED) is 0.139. The van der Waals surface area contributed by atoms with Gasteiger partial charge in [-0.25, -0.2) is 27.1 Å². The molecule has 6 rings (SSSR count). The number of nitrogens with zero attached hydrogens (tertiary/aromatic N) is 5. The second kappa shape index (κ2) is 11.6. The summed E-state index contributed by atoms with van der Waals surface area (Å²) >= 11 is -2.51. The molecule has 0 aliphatic heterocycles. The van der Waals surface area contributed by atoms with Crippen LogP contribution in [0.25, 0.3) is 11.0 Å². The lowest BCUT2D eigenvalue weighted by molar-refractivity contribution is 0.0734. The molecule has 0 amide bonds. The maximum absolute atomic E-state index is 12.5. The molecule has 0 fully saturated rings. The lowest BCUT2D eigenvalue weighted by Crippen LogP contribution is -2.30. The van der Waals surface area contributed by atoms with E-state index in [4.69, 9.17) is 9.72 Å². The number of anilines is 3. The lowest BCUT2D eigenvalue weighted by Gasteiger charge is -2.19. The minimum atomic E-state index is -3.53. The van der Waals surface area contributed by atoms with Gasteiger partial charge in [-0.2, -0.15) is 10.1 Å². The van der Waals surface area contributed by atoms with E-state index in [1.807, 2.05) is 22.9 Å². The SMILES string of the molecule is CS(=O)(=O)CN(c1ccc(Nc2ncc3cnn(C4CCc5cc(OC(=O)c6ccccc6)ccc54)c3n2)cc1)S(=O)O. The predicted molar refractivity (Wildman–Crippen MR) is 162 cm³/mol. The number of carbonyl (C=O) groups excluding carboxylic acids is 1. The first-order chi connectivity index (χ1) is 20.6. The van der Waals surface area contributed by atoms with Gasteiger partial charge in [0.15, 0.2) is 15.5 Å². The number of sulfone groups is 1. The highest BCUT2D eigenvalue weighted by Crippen LogP contribution is 2.37. The maximum atomic E-state index is 12.5. The summed E-state index contributed by atoms with van der Waals surface area (Å²) in [4.78, 5) is 21.6. The maximum Gasteiger partial charge on any atom is 0.343 e. The third-order valence-corrected chi connectivity index (χ3v) is 8.57. The first-order valence-electron chi connectivity index (χ1n) is 13.2. The summed E-state index contributed by atoms with van der Waals surface area (Å²) in [5, 5.41) is 8.49. The number of carbonyl (C=O) groups is 1. The first kappa shape index (κ1) is 28.5. The molecule has 2 heterocycles. The molecule has 0 radical (unpaired) electrons. The second-order valence-corrected chi connectivity index (χ2v) is 13.1. The monoisotopic (exact) mass is 618 g/mol. The molecular weight excluding hydrogens is 592 g/mol. The summed E-state index contributed by atoms with van der Waals surface area (Å²) < 4.78 is 52.9. The minimum Gasteiger partial charge on any atom is -0.423 e. The van der Waals surface area contributed by atoms with E-state index >= 15 is 0 Å². The Morgan fingerprint density at radius 1 is 1.12 bits per heavy atom. The van der Waals surface area contributed by atoms with Crippen molar-refractivity contribution in [1.29, 1.82) is 0 Å². The number of aryl methyl sites for hydroxylation is 1. The molecule has 3 aromatic carbocycles. The smallest absolute Gasteiger partial charge is 0.343 e. The third-order valence-electron chi connectivity index (χ3n) is 6.96. The second-order valence-electron chi connectivity index (χ2n) is 10.1. The Hall–Kier alpha value is -4.66. The number of aromatic nitrogens is 4. The van der Waals surface area contributed by atoms with Gasteiger partial charge in [0.1, 0.15) is 11.6 Å². The molecule has 0 saturated heterocycles. The highest BCUT2D eigenvalue weighted by molar-refractivity contribution is 7.92. The Morgan fingerprint density at radius 3 is 2.60 bits per heavy atom. The van der Waals surface area contributed by atoms with E-state index in [-0.39, 0.29) is 11.7 Å². The Kier molecular flexibility index (Phi) is 7.64. The van der Waals surface area contributed by atoms with E-state index in [2.05, 4.69) is 15.4 Å². The number of ether oxygens (including phenoxy) is 1. The van der Waals surface area contributed by atoms with E-state index in [9.17, 15) is 22.0 Å². The molecule has 1 aliphatic carbocycles. The summed E-state index contributed by atoms with van der Waals surface area (Å²) in [5.74, 6) is -0.198. The van der Waals surface area contributed by atoms with Gasteiger partial charge >= 0.3 is 5.97 Å². The Labute approximate surface area is 249 Å². The Balaban J connectivity index is 1.20. The van der Waals surface area contributed by atoms with E-state index in [1.54, 1.807) is 54.9 Å². The molecule has 5 aromatic rings. The number of benzene rings is 3. The van der Waals surface area contributed by atoms with Gasteiger partial charge < -0.3 is 10.1 Å². The van der Waals surface area contributed by atoms with Crippen LogP contribution in [0.1, 0.15) is 33.9 Å². The predicted octanol–water partition coefficient (Wildman–Crippen LogP) is 4.27. The summed E-state index contributed by atoms with van der Waals surface area (Å²) in [6.45, 7) is 0. The molecule has 14 heteroatoms. The van der Waals surface area contributed by atoms with Gasteiger partial charge in [0.25, 0.3) is 11.3 Å². The van der Waals surface area contributed by atoms with Crippen LogP contribution >= 0.6 is 0 Å². The van der Waals surface area contributed by atoms with Gasteiger partial charge in [-0.15, -0.1) is 0 Å². The summed E-state index contributed by atoms with van der Waals surface area (Å²) in [6, 6.07) is 20.8. The van der Waals surface area contributed by atoms with Crippen molar-refractivity contribution < 1.29 is 26.7 Å². The lowest BCUT2D eigenvalue weighted by atomic mass is 10.1. The molecule has 1 aliphatic rings. The normalized spacial score (nSPS) is 15.2. The van der Waals surface area contributed by atoms with Gasteiger partial charge in [0.2, 0.25) is 5.95 Å². The van der Waals surface area contributed by atoms with Crippen molar-refractivity contribution in [2.75, 3.05) is 21.8 Å². The van der Waals surface area contributed by atoms with Gasteiger partial charge in [-0.1, -0.05) is 24.3 Å². The van der Waals surface area contributed by atoms with Crippen molar-refractivity contribution in [2.45, 2.75) is 18.9 Å². The molecule has 0 saturated carbocycles. The van der Waals surface area contributed by atoms with Crippen LogP contribution in [0.2, 0.25) is 0 Å². The van der Waals surface area contributed by atoms with Gasteiger partial charge in [0.05, 0.1) is 28.9 Å². The van der Waals surface area contributed by atoms with Gasteiger partial charge in [-0.05, 0) is 72.5 Å². The van der Waals surface area contributed by atoms with Crippen molar-refractivity contribution in [1.82, 2.24) is 19.7 Å². The standard InChI is InChI=1S/C29H26N6O6S2/c1-43(39,40)18-34(42(37)38)23-10-8-22(9-11-23)32-29-30-16-21-17-31-35(27(21)33-29)26-14-7-20-15-24(12-13-25(20)26)41-28(36)19-5-3-2-4-6-19/h2-6,8-13,15-17,26H,7,14,18H2,1H3,(H,37,38)(H,30,32,33). The van der Waals surface area contributed by atoms with Crippen molar-refractivity contribution in [3.63, 3.8) is 0 Å². The molecule has 2 aromatic heterocycles. The van der Waals surface area contributed by atoms with Crippen LogP contribution in [0.15, 0.2) is 85.2 Å². The van der Waals surface area contributed by atoms with Crippen molar-refractivity contribution in [3.8, 4) is 5.75 Å². The summed E-state index contributed by atoms with van der Waals surface area (Å²) in [6.07, 6.45) is 5.97. The fraction of sp³-hybridized carbons (Fsp3) is 0.172. The molecule has 12 nitrogen and oxygen atoms in total. The molecule has 220 valence electrons. The average Bonchev–Trinajstić information content (AvgIpc) is 3.59. The van der Waals surface area contributed by atoms with Crippen LogP contribution in [0, 0.1) is 0 Å². The van der Waals surface area contributed by atoms with Crippen LogP contribution in [0.5, 0.6) is 5.75 Å². The van der Waals surface area contributed by atoms with E-state index in [0.29, 0.717) is 28.6 Å². The van der Waals surface area contributed by atoms with Gasteiger partial charge in [-0.3, -0.25) is 8.86 Å². The summed E-state index contributed by atoms with van der Waals surface area (Å²) in [7, 11) is -3.53. The minimum absolute atomic E-state index is 0.0615. The number of nitrogens with one attached hydrogen (secondary N) is 1. The third kappa shape index (κ3) is 6.26.